The van der Waals surface area contributed by atoms with E-state index in [2.05, 4.69) is 6.92 Å². The van der Waals surface area contributed by atoms with Gasteiger partial charge in [0.05, 0.1) is 0 Å². The zero-order valence-corrected chi connectivity index (χ0v) is 23.6. The van der Waals surface area contributed by atoms with Crippen molar-refractivity contribution in [1.82, 2.24) is 4.90 Å². The molecule has 0 aromatic carbocycles. The smallest absolute Gasteiger partial charge is 0.184 e. The van der Waals surface area contributed by atoms with Gasteiger partial charge in [-0.05, 0) is 13.0 Å². The molecule has 2 aliphatic heterocycles. The first-order valence-corrected chi connectivity index (χ1v) is 15.1. The molecule has 11 heteroatoms. The molecule has 0 radical (unpaired) electrons. The van der Waals surface area contributed by atoms with Gasteiger partial charge in [-0.25, -0.2) is 0 Å². The van der Waals surface area contributed by atoms with Gasteiger partial charge in [-0.3, -0.25) is 4.90 Å². The summed E-state index contributed by atoms with van der Waals surface area (Å²) in [5.74, 6) is 0. The van der Waals surface area contributed by atoms with Gasteiger partial charge in [0, 0.05) is 13.1 Å². The van der Waals surface area contributed by atoms with E-state index >= 15 is 0 Å². The summed E-state index contributed by atoms with van der Waals surface area (Å²) in [7, 11) is 0. The lowest BCUT2D eigenvalue weighted by Gasteiger charge is -2.43. The average Bonchev–Trinajstić information content (AvgIpc) is 2.92. The lowest BCUT2D eigenvalue weighted by molar-refractivity contribution is -0.291. The Hall–Kier alpha value is -0.440. The van der Waals surface area contributed by atoms with Crippen molar-refractivity contribution in [2.75, 3.05) is 19.6 Å². The first-order valence-electron chi connectivity index (χ1n) is 15.1. The SMILES string of the molecule is CCCCCCCCCCCCCCCCN(C[C@H]1O[C@@H](O)[C@H](O)[C@@H](O)[C@@H]1O)C[C@H]1O[C@@H](O)[C@H](O)[C@@H](O)[C@@H]1O. The summed E-state index contributed by atoms with van der Waals surface area (Å²) in [4.78, 5) is 1.80. The zero-order valence-electron chi connectivity index (χ0n) is 23.6. The Balaban J connectivity index is 1.75. The number of ether oxygens (including phenoxy) is 2. The third-order valence-corrected chi connectivity index (χ3v) is 8.08. The van der Waals surface area contributed by atoms with E-state index in [1.165, 1.54) is 64.2 Å². The molecular weight excluding hydrogens is 510 g/mol. The van der Waals surface area contributed by atoms with Crippen molar-refractivity contribution in [2.24, 2.45) is 0 Å². The molecule has 2 fully saturated rings. The predicted molar refractivity (Wildman–Crippen MR) is 145 cm³/mol. The molecule has 10 atom stereocenters. The van der Waals surface area contributed by atoms with Crippen LogP contribution in [-0.2, 0) is 9.47 Å². The highest BCUT2D eigenvalue weighted by atomic mass is 16.6. The maximum Gasteiger partial charge on any atom is 0.184 e. The zero-order chi connectivity index (χ0) is 28.8. The van der Waals surface area contributed by atoms with Gasteiger partial charge in [0.25, 0.3) is 0 Å². The number of hydrogen-bond donors (Lipinski definition) is 8. The molecule has 39 heavy (non-hydrogen) atoms. The van der Waals surface area contributed by atoms with Crippen LogP contribution in [0.5, 0.6) is 0 Å². The van der Waals surface area contributed by atoms with Crippen molar-refractivity contribution >= 4 is 0 Å². The third kappa shape index (κ3) is 11.8. The summed E-state index contributed by atoms with van der Waals surface area (Å²) in [5, 5.41) is 80.2. The quantitative estimate of drug-likeness (QED) is 0.101. The van der Waals surface area contributed by atoms with E-state index in [1.807, 2.05) is 0 Å². The normalized spacial score (nSPS) is 35.5. The van der Waals surface area contributed by atoms with E-state index in [1.54, 1.807) is 4.90 Å². The molecule has 0 aliphatic carbocycles. The lowest BCUT2D eigenvalue weighted by atomic mass is 9.96. The molecule has 0 unspecified atom stereocenters. The number of aliphatic hydroxyl groups is 8. The number of aliphatic hydroxyl groups excluding tert-OH is 8. The highest BCUT2D eigenvalue weighted by Gasteiger charge is 2.46. The Morgan fingerprint density at radius 2 is 0.769 bits per heavy atom. The number of unbranched alkanes of at least 4 members (excludes halogenated alkanes) is 13. The summed E-state index contributed by atoms with van der Waals surface area (Å²) in [6.45, 7) is 2.84. The number of rotatable bonds is 19. The van der Waals surface area contributed by atoms with E-state index in [0.717, 1.165) is 25.7 Å². The van der Waals surface area contributed by atoms with Gasteiger partial charge in [-0.15, -0.1) is 0 Å². The number of hydrogen-bond acceptors (Lipinski definition) is 11. The van der Waals surface area contributed by atoms with E-state index < -0.39 is 61.4 Å². The first kappa shape index (κ1) is 34.8. The topological polar surface area (TPSA) is 184 Å². The Kier molecular flexibility index (Phi) is 16.8. The second-order valence-electron chi connectivity index (χ2n) is 11.4. The van der Waals surface area contributed by atoms with Crippen molar-refractivity contribution < 1.29 is 50.3 Å². The predicted octanol–water partition coefficient (Wildman–Crippen LogP) is 0.370. The molecule has 232 valence electrons. The Morgan fingerprint density at radius 1 is 0.436 bits per heavy atom. The van der Waals surface area contributed by atoms with Crippen LogP contribution in [0.25, 0.3) is 0 Å². The molecule has 0 bridgehead atoms. The minimum atomic E-state index is -1.66. The summed E-state index contributed by atoms with van der Waals surface area (Å²) < 4.78 is 10.6. The largest absolute Gasteiger partial charge is 0.388 e. The van der Waals surface area contributed by atoms with Crippen molar-refractivity contribution in [3.8, 4) is 0 Å². The summed E-state index contributed by atoms with van der Waals surface area (Å²) in [6, 6.07) is 0. The fourth-order valence-corrected chi connectivity index (χ4v) is 5.46. The van der Waals surface area contributed by atoms with Crippen molar-refractivity contribution in [1.29, 1.82) is 0 Å². The number of nitrogens with zero attached hydrogens (tertiary/aromatic N) is 1. The molecule has 0 spiro atoms. The molecular formula is C28H55NO10. The second-order valence-corrected chi connectivity index (χ2v) is 11.4. The molecule has 2 heterocycles. The van der Waals surface area contributed by atoms with Crippen molar-refractivity contribution in [3.63, 3.8) is 0 Å². The Bertz CT molecular complexity index is 595. The van der Waals surface area contributed by atoms with Crippen molar-refractivity contribution in [2.45, 2.75) is 158 Å². The first-order chi connectivity index (χ1) is 18.7. The van der Waals surface area contributed by atoms with E-state index in [-0.39, 0.29) is 13.1 Å². The molecule has 2 aliphatic rings. The Morgan fingerprint density at radius 3 is 1.13 bits per heavy atom. The fourth-order valence-electron chi connectivity index (χ4n) is 5.46. The van der Waals surface area contributed by atoms with Gasteiger partial charge in [-0.1, -0.05) is 90.4 Å². The van der Waals surface area contributed by atoms with Crippen LogP contribution in [0.4, 0.5) is 0 Å². The standard InChI is InChI=1S/C28H55NO10/c1-2-3-4-5-6-7-8-9-10-11-12-13-14-15-16-29(17-19-21(30)23(32)25(34)27(36)38-19)18-20-22(31)24(33)26(35)28(37)39-20/h19-28,30-37H,2-18H2,1H3/t19-,20-,21-,22-,23+,24+,25-,26-,27-,28-/m1/s1. The monoisotopic (exact) mass is 565 g/mol. The average molecular weight is 566 g/mol. The molecule has 11 nitrogen and oxygen atoms in total. The van der Waals surface area contributed by atoms with Crippen LogP contribution >= 0.6 is 0 Å². The van der Waals surface area contributed by atoms with Crippen molar-refractivity contribution in [3.05, 3.63) is 0 Å². The van der Waals surface area contributed by atoms with Gasteiger partial charge >= 0.3 is 0 Å². The fraction of sp³-hybridized carbons (Fsp3) is 1.00. The van der Waals surface area contributed by atoms with Crippen LogP contribution in [0.2, 0.25) is 0 Å². The van der Waals surface area contributed by atoms with Crippen LogP contribution in [0.3, 0.4) is 0 Å². The highest BCUT2D eigenvalue weighted by molar-refractivity contribution is 4.93. The Labute approximate surface area is 233 Å². The van der Waals surface area contributed by atoms with Crippen LogP contribution in [0, 0.1) is 0 Å². The van der Waals surface area contributed by atoms with Gasteiger partial charge < -0.3 is 50.3 Å². The second kappa shape index (κ2) is 18.9. The third-order valence-electron chi connectivity index (χ3n) is 8.08. The molecule has 0 aromatic heterocycles. The minimum absolute atomic E-state index is 0.0434. The van der Waals surface area contributed by atoms with E-state index in [9.17, 15) is 40.9 Å². The molecule has 8 N–H and O–H groups in total. The maximum absolute atomic E-state index is 10.4. The minimum Gasteiger partial charge on any atom is -0.388 e. The molecule has 2 saturated heterocycles. The molecule has 2 rings (SSSR count). The molecule has 0 amide bonds. The van der Waals surface area contributed by atoms with Crippen LogP contribution < -0.4 is 0 Å². The lowest BCUT2D eigenvalue weighted by Crippen LogP contribution is -2.62. The van der Waals surface area contributed by atoms with E-state index in [0.29, 0.717) is 6.54 Å². The highest BCUT2D eigenvalue weighted by Crippen LogP contribution is 2.24. The van der Waals surface area contributed by atoms with E-state index in [4.69, 9.17) is 9.47 Å². The summed E-state index contributed by atoms with van der Waals surface area (Å²) in [6.07, 6.45) is 2.36. The van der Waals surface area contributed by atoms with Gasteiger partial charge in [0.15, 0.2) is 12.6 Å². The van der Waals surface area contributed by atoms with Gasteiger partial charge in [0.1, 0.15) is 48.8 Å². The summed E-state index contributed by atoms with van der Waals surface area (Å²) in [5.41, 5.74) is 0. The van der Waals surface area contributed by atoms with Crippen LogP contribution in [-0.4, -0.2) is 127 Å². The molecule has 0 aromatic rings. The molecule has 0 saturated carbocycles. The summed E-state index contributed by atoms with van der Waals surface area (Å²) >= 11 is 0. The van der Waals surface area contributed by atoms with Crippen LogP contribution in [0.15, 0.2) is 0 Å². The van der Waals surface area contributed by atoms with Gasteiger partial charge in [-0.2, -0.15) is 0 Å². The van der Waals surface area contributed by atoms with Gasteiger partial charge in [0.2, 0.25) is 0 Å². The van der Waals surface area contributed by atoms with Crippen LogP contribution in [0.1, 0.15) is 96.8 Å². The maximum atomic E-state index is 10.4.